The van der Waals surface area contributed by atoms with E-state index < -0.39 is 0 Å². The van der Waals surface area contributed by atoms with Gasteiger partial charge in [0.25, 0.3) is 0 Å². The first-order valence-electron chi connectivity index (χ1n) is 4.62. The number of rotatable bonds is 3. The van der Waals surface area contributed by atoms with Gasteiger partial charge >= 0.3 is 0 Å². The van der Waals surface area contributed by atoms with Gasteiger partial charge in [-0.05, 0) is 11.5 Å². The molecule has 0 unspecified atom stereocenters. The Hall–Kier alpha value is -1.12. The summed E-state index contributed by atoms with van der Waals surface area (Å²) in [4.78, 5) is 0. The van der Waals surface area contributed by atoms with E-state index in [1.165, 1.54) is 0 Å². The Kier molecular flexibility index (Phi) is 7.80. The molecule has 14 heavy (non-hydrogen) atoms. The van der Waals surface area contributed by atoms with Crippen molar-refractivity contribution in [3.8, 4) is 0 Å². The molecule has 0 amide bonds. The van der Waals surface area contributed by atoms with Crippen molar-refractivity contribution in [2.24, 2.45) is 5.92 Å². The summed E-state index contributed by atoms with van der Waals surface area (Å²) < 4.78 is 0. The molecule has 2 N–H and O–H groups in total. The lowest BCUT2D eigenvalue weighted by atomic mass is 10.2. The minimum atomic E-state index is 0.140. The number of hydrogen-bond donors (Lipinski definition) is 2. The summed E-state index contributed by atoms with van der Waals surface area (Å²) in [7, 11) is 0. The van der Waals surface area contributed by atoms with Crippen LogP contribution in [-0.2, 0) is 6.61 Å². The summed E-state index contributed by atoms with van der Waals surface area (Å²) in [5.74, 6) is 0.255. The molecule has 0 aromatic heterocycles. The second-order valence-corrected chi connectivity index (χ2v) is 3.04. The number of benzene rings is 1. The minimum Gasteiger partial charge on any atom is -0.396 e. The fraction of sp³-hybridized carbons (Fsp3) is 0.333. The van der Waals surface area contributed by atoms with Crippen LogP contribution >= 0.6 is 0 Å². The van der Waals surface area contributed by atoms with Gasteiger partial charge in [-0.2, -0.15) is 0 Å². The Balaban J connectivity index is 0.000000255. The lowest BCUT2D eigenvalue weighted by Gasteiger charge is -1.93. The van der Waals surface area contributed by atoms with Crippen molar-refractivity contribution >= 4 is 0 Å². The topological polar surface area (TPSA) is 40.5 Å². The lowest BCUT2D eigenvalue weighted by molar-refractivity contribution is 0.262. The molecule has 1 atom stereocenters. The maximum absolute atomic E-state index is 8.54. The first-order valence-corrected chi connectivity index (χ1v) is 4.62. The van der Waals surface area contributed by atoms with E-state index in [-0.39, 0.29) is 19.1 Å². The van der Waals surface area contributed by atoms with Crippen molar-refractivity contribution in [1.29, 1.82) is 0 Å². The van der Waals surface area contributed by atoms with E-state index in [2.05, 4.69) is 6.58 Å². The number of hydrogen-bond acceptors (Lipinski definition) is 2. The Bertz CT molecular complexity index is 231. The SMILES string of the molecule is C=C[C@H](C)CO.OCc1ccccc1. The summed E-state index contributed by atoms with van der Waals surface area (Å²) in [6, 6.07) is 9.52. The van der Waals surface area contributed by atoms with Crippen LogP contribution in [0.1, 0.15) is 12.5 Å². The predicted molar refractivity (Wildman–Crippen MR) is 58.8 cm³/mol. The highest BCUT2D eigenvalue weighted by atomic mass is 16.3. The molecular formula is C12H18O2. The standard InChI is InChI=1S/C7H8O.C5H10O/c8-6-7-4-2-1-3-5-7;1-3-5(2)4-6/h1-5,8H,6H2;3,5-6H,1,4H2,2H3/t;5-/m.0/s1. The lowest BCUT2D eigenvalue weighted by Crippen LogP contribution is -1.93. The summed E-state index contributed by atoms with van der Waals surface area (Å²) in [6.07, 6.45) is 1.72. The minimum absolute atomic E-state index is 0.140. The first-order chi connectivity index (χ1) is 6.74. The van der Waals surface area contributed by atoms with Gasteiger partial charge in [-0.25, -0.2) is 0 Å². The van der Waals surface area contributed by atoms with E-state index in [1.807, 2.05) is 37.3 Å². The molecule has 2 nitrogen and oxygen atoms in total. The molecule has 0 heterocycles. The number of aliphatic hydroxyl groups is 2. The Morgan fingerprint density at radius 1 is 1.29 bits per heavy atom. The van der Waals surface area contributed by atoms with Gasteiger partial charge in [0.15, 0.2) is 0 Å². The van der Waals surface area contributed by atoms with Crippen LogP contribution in [0, 0.1) is 5.92 Å². The molecule has 1 aromatic rings. The molecule has 78 valence electrons. The highest BCUT2D eigenvalue weighted by Crippen LogP contribution is 1.95. The summed E-state index contributed by atoms with van der Waals surface area (Å²) in [5, 5.41) is 16.8. The van der Waals surface area contributed by atoms with Crippen molar-refractivity contribution < 1.29 is 10.2 Å². The largest absolute Gasteiger partial charge is 0.396 e. The summed E-state index contributed by atoms with van der Waals surface area (Å²) >= 11 is 0. The third-order valence-corrected chi connectivity index (χ3v) is 1.72. The molecule has 0 spiro atoms. The smallest absolute Gasteiger partial charge is 0.0681 e. The van der Waals surface area contributed by atoms with Gasteiger partial charge in [-0.1, -0.05) is 43.3 Å². The van der Waals surface area contributed by atoms with E-state index in [9.17, 15) is 0 Å². The average Bonchev–Trinajstić information content (AvgIpc) is 2.30. The van der Waals surface area contributed by atoms with Gasteiger partial charge in [0, 0.05) is 6.61 Å². The zero-order valence-electron chi connectivity index (χ0n) is 8.56. The van der Waals surface area contributed by atoms with E-state index in [1.54, 1.807) is 6.08 Å². The maximum atomic E-state index is 8.54. The molecule has 0 aliphatic heterocycles. The molecule has 1 rings (SSSR count). The van der Waals surface area contributed by atoms with Crippen LogP contribution in [0.2, 0.25) is 0 Å². The van der Waals surface area contributed by atoms with Crippen molar-refractivity contribution in [2.45, 2.75) is 13.5 Å². The van der Waals surface area contributed by atoms with Crippen LogP contribution in [0.15, 0.2) is 43.0 Å². The average molecular weight is 194 g/mol. The van der Waals surface area contributed by atoms with Crippen LogP contribution in [0.4, 0.5) is 0 Å². The quantitative estimate of drug-likeness (QED) is 0.722. The fourth-order valence-electron chi connectivity index (χ4n) is 0.658. The highest BCUT2D eigenvalue weighted by molar-refractivity contribution is 5.12. The van der Waals surface area contributed by atoms with E-state index in [0.717, 1.165) is 5.56 Å². The van der Waals surface area contributed by atoms with Crippen LogP contribution < -0.4 is 0 Å². The third-order valence-electron chi connectivity index (χ3n) is 1.72. The monoisotopic (exact) mass is 194 g/mol. The van der Waals surface area contributed by atoms with Crippen LogP contribution in [0.5, 0.6) is 0 Å². The first kappa shape index (κ1) is 12.9. The van der Waals surface area contributed by atoms with E-state index >= 15 is 0 Å². The van der Waals surface area contributed by atoms with Gasteiger partial charge in [0.1, 0.15) is 0 Å². The molecule has 2 heteroatoms. The molecule has 0 radical (unpaired) electrons. The normalized spacial score (nSPS) is 11.1. The van der Waals surface area contributed by atoms with Crippen molar-refractivity contribution in [3.63, 3.8) is 0 Å². The molecule has 0 saturated carbocycles. The highest BCUT2D eigenvalue weighted by Gasteiger charge is 1.85. The van der Waals surface area contributed by atoms with Crippen LogP contribution in [-0.4, -0.2) is 16.8 Å². The van der Waals surface area contributed by atoms with Crippen LogP contribution in [0.25, 0.3) is 0 Å². The second-order valence-electron chi connectivity index (χ2n) is 3.04. The van der Waals surface area contributed by atoms with Gasteiger partial charge < -0.3 is 10.2 Å². The third kappa shape index (κ3) is 6.40. The Labute approximate surface area is 85.5 Å². The van der Waals surface area contributed by atoms with E-state index in [4.69, 9.17) is 10.2 Å². The maximum Gasteiger partial charge on any atom is 0.0681 e. The zero-order chi connectivity index (χ0) is 10.8. The molecule has 0 bridgehead atoms. The second kappa shape index (κ2) is 8.48. The number of aliphatic hydroxyl groups excluding tert-OH is 2. The zero-order valence-corrected chi connectivity index (χ0v) is 8.56. The van der Waals surface area contributed by atoms with Gasteiger partial charge in [-0.3, -0.25) is 0 Å². The van der Waals surface area contributed by atoms with Crippen molar-refractivity contribution in [2.75, 3.05) is 6.61 Å². The Morgan fingerprint density at radius 2 is 1.86 bits per heavy atom. The van der Waals surface area contributed by atoms with Gasteiger partial charge in [0.05, 0.1) is 6.61 Å². The summed E-state index contributed by atoms with van der Waals surface area (Å²) in [5.41, 5.74) is 0.965. The fourth-order valence-corrected chi connectivity index (χ4v) is 0.658. The van der Waals surface area contributed by atoms with Crippen molar-refractivity contribution in [1.82, 2.24) is 0 Å². The molecule has 0 aliphatic rings. The van der Waals surface area contributed by atoms with Crippen molar-refractivity contribution in [3.05, 3.63) is 48.6 Å². The van der Waals surface area contributed by atoms with Crippen LogP contribution in [0.3, 0.4) is 0 Å². The van der Waals surface area contributed by atoms with E-state index in [0.29, 0.717) is 0 Å². The predicted octanol–water partition coefficient (Wildman–Crippen LogP) is 1.98. The molecule has 0 aliphatic carbocycles. The molecule has 0 saturated heterocycles. The molecule has 0 fully saturated rings. The molecular weight excluding hydrogens is 176 g/mol. The summed E-state index contributed by atoms with van der Waals surface area (Å²) in [6.45, 7) is 5.73. The van der Waals surface area contributed by atoms with Gasteiger partial charge in [0.2, 0.25) is 0 Å². The Morgan fingerprint density at radius 3 is 2.07 bits per heavy atom. The van der Waals surface area contributed by atoms with Gasteiger partial charge in [-0.15, -0.1) is 6.58 Å². The molecule has 1 aromatic carbocycles.